The van der Waals surface area contributed by atoms with Gasteiger partial charge in [-0.3, -0.25) is 4.79 Å². The van der Waals surface area contributed by atoms with Gasteiger partial charge in [0.2, 0.25) is 0 Å². The fourth-order valence-corrected chi connectivity index (χ4v) is 3.49. The molecule has 0 fully saturated rings. The molecule has 30 heavy (non-hydrogen) atoms. The molecule has 0 spiro atoms. The lowest BCUT2D eigenvalue weighted by Gasteiger charge is -2.11. The van der Waals surface area contributed by atoms with Crippen LogP contribution < -0.4 is 11.1 Å². The van der Waals surface area contributed by atoms with Crippen LogP contribution in [0.2, 0.25) is 0 Å². The number of nitrogen functional groups attached to an aromatic ring is 1. The highest BCUT2D eigenvalue weighted by molar-refractivity contribution is 7.99. The Kier molecular flexibility index (Phi) is 5.72. The second-order valence-corrected chi connectivity index (χ2v) is 7.46. The van der Waals surface area contributed by atoms with Gasteiger partial charge in [-0.25, -0.2) is 14.4 Å². The number of amides is 1. The summed E-state index contributed by atoms with van der Waals surface area (Å²) in [6.07, 6.45) is 3.23. The predicted molar refractivity (Wildman–Crippen MR) is 117 cm³/mol. The van der Waals surface area contributed by atoms with Crippen molar-refractivity contribution in [3.05, 3.63) is 96.6 Å². The van der Waals surface area contributed by atoms with Crippen molar-refractivity contribution >= 4 is 29.0 Å². The summed E-state index contributed by atoms with van der Waals surface area (Å²) in [5.41, 5.74) is 8.99. The summed E-state index contributed by atoms with van der Waals surface area (Å²) in [5.74, 6) is -0.625. The lowest BCUT2D eigenvalue weighted by atomic mass is 10.0. The lowest BCUT2D eigenvalue weighted by molar-refractivity contribution is 0.102. The summed E-state index contributed by atoms with van der Waals surface area (Å²) in [6, 6.07) is 20.5. The van der Waals surface area contributed by atoms with Gasteiger partial charge in [0.1, 0.15) is 15.9 Å². The number of nitrogens with one attached hydrogen (secondary N) is 1. The van der Waals surface area contributed by atoms with E-state index in [-0.39, 0.29) is 11.7 Å². The third kappa shape index (κ3) is 4.64. The smallest absolute Gasteiger partial charge is 0.257 e. The van der Waals surface area contributed by atoms with Crippen LogP contribution in [0.25, 0.3) is 11.1 Å². The Morgan fingerprint density at radius 1 is 0.900 bits per heavy atom. The van der Waals surface area contributed by atoms with Crippen molar-refractivity contribution in [2.24, 2.45) is 0 Å². The zero-order valence-corrected chi connectivity index (χ0v) is 16.6. The van der Waals surface area contributed by atoms with E-state index in [2.05, 4.69) is 15.3 Å². The highest BCUT2D eigenvalue weighted by Gasteiger charge is 2.11. The first-order chi connectivity index (χ1) is 14.6. The van der Waals surface area contributed by atoms with Gasteiger partial charge in [-0.1, -0.05) is 36.0 Å². The lowest BCUT2D eigenvalue weighted by Crippen LogP contribution is -2.13. The average Bonchev–Trinajstić information content (AvgIpc) is 2.77. The number of benzene rings is 2. The molecule has 0 aliphatic carbocycles. The molecule has 0 aliphatic heterocycles. The topological polar surface area (TPSA) is 80.9 Å². The molecule has 3 N–H and O–H groups in total. The van der Waals surface area contributed by atoms with Gasteiger partial charge in [0, 0.05) is 12.4 Å². The predicted octanol–water partition coefficient (Wildman–Crippen LogP) is 5.27. The second kappa shape index (κ2) is 8.75. The van der Waals surface area contributed by atoms with Crippen molar-refractivity contribution < 1.29 is 9.18 Å². The van der Waals surface area contributed by atoms with Crippen LogP contribution in [0.5, 0.6) is 0 Å². The number of hydrogen-bond acceptors (Lipinski definition) is 5. The van der Waals surface area contributed by atoms with Crippen molar-refractivity contribution in [3.63, 3.8) is 0 Å². The van der Waals surface area contributed by atoms with Crippen molar-refractivity contribution in [1.29, 1.82) is 0 Å². The number of halogens is 1. The van der Waals surface area contributed by atoms with Crippen LogP contribution in [-0.2, 0) is 0 Å². The summed E-state index contributed by atoms with van der Waals surface area (Å²) in [4.78, 5) is 21.2. The molecule has 2 aromatic heterocycles. The fraction of sp³-hybridized carbons (Fsp3) is 0. The summed E-state index contributed by atoms with van der Waals surface area (Å²) >= 11 is 1.41. The maximum atomic E-state index is 13.2. The van der Waals surface area contributed by atoms with Crippen molar-refractivity contribution in [3.8, 4) is 11.1 Å². The zero-order chi connectivity index (χ0) is 20.9. The minimum atomic E-state index is -0.320. The Morgan fingerprint density at radius 2 is 1.67 bits per heavy atom. The Balaban J connectivity index is 1.49. The van der Waals surface area contributed by atoms with Gasteiger partial charge in [0.05, 0.1) is 16.9 Å². The van der Waals surface area contributed by atoms with Gasteiger partial charge in [-0.05, 0) is 59.7 Å². The third-order valence-electron chi connectivity index (χ3n) is 4.32. The molecule has 0 saturated carbocycles. The highest BCUT2D eigenvalue weighted by atomic mass is 32.2. The van der Waals surface area contributed by atoms with Gasteiger partial charge in [0.25, 0.3) is 5.91 Å². The number of carbonyl (C=O) groups excluding carboxylic acids is 1. The van der Waals surface area contributed by atoms with Crippen LogP contribution in [0.4, 0.5) is 15.8 Å². The summed E-state index contributed by atoms with van der Waals surface area (Å²) in [5, 5.41) is 4.39. The van der Waals surface area contributed by atoms with E-state index in [9.17, 15) is 9.18 Å². The number of pyridine rings is 2. The molecule has 0 radical (unpaired) electrons. The number of nitrogens with two attached hydrogens (primary N) is 1. The van der Waals surface area contributed by atoms with Crippen LogP contribution in [0.1, 0.15) is 10.4 Å². The molecule has 4 aromatic rings. The average molecular weight is 416 g/mol. The molecule has 0 atom stereocenters. The minimum Gasteiger partial charge on any atom is -0.397 e. The standard InChI is InChI=1S/C23H17FN4OS/c24-18-8-4-15(5-9-18)16-6-10-19(25)20(13-16)28-23(29)17-7-11-22(27-14-17)30-21-3-1-2-12-26-21/h1-14H,25H2,(H,28,29). The maximum Gasteiger partial charge on any atom is 0.257 e. The molecular weight excluding hydrogens is 399 g/mol. The van der Waals surface area contributed by atoms with Crippen LogP contribution >= 0.6 is 11.8 Å². The zero-order valence-electron chi connectivity index (χ0n) is 15.7. The molecule has 5 nitrogen and oxygen atoms in total. The quantitative estimate of drug-likeness (QED) is 0.433. The van der Waals surface area contributed by atoms with Crippen LogP contribution in [0.15, 0.2) is 95.2 Å². The number of nitrogens with zero attached hydrogens (tertiary/aromatic N) is 2. The molecule has 2 heterocycles. The van der Waals surface area contributed by atoms with Gasteiger partial charge in [-0.2, -0.15) is 0 Å². The molecule has 0 aliphatic rings. The van der Waals surface area contributed by atoms with Crippen LogP contribution in [0, 0.1) is 5.82 Å². The van der Waals surface area contributed by atoms with Gasteiger partial charge >= 0.3 is 0 Å². The van der Waals surface area contributed by atoms with Gasteiger partial charge in [0.15, 0.2) is 0 Å². The molecule has 7 heteroatoms. The van der Waals surface area contributed by atoms with E-state index in [1.165, 1.54) is 30.1 Å². The fourth-order valence-electron chi connectivity index (χ4n) is 2.77. The van der Waals surface area contributed by atoms with Crippen LogP contribution in [-0.4, -0.2) is 15.9 Å². The Bertz CT molecular complexity index is 1170. The Labute approximate surface area is 177 Å². The number of hydrogen-bond donors (Lipinski definition) is 2. The van der Waals surface area contributed by atoms with Gasteiger partial charge in [-0.15, -0.1) is 0 Å². The Morgan fingerprint density at radius 3 is 2.37 bits per heavy atom. The largest absolute Gasteiger partial charge is 0.397 e. The van der Waals surface area contributed by atoms with Crippen molar-refractivity contribution in [1.82, 2.24) is 9.97 Å². The normalized spacial score (nSPS) is 10.6. The van der Waals surface area contributed by atoms with Crippen LogP contribution in [0.3, 0.4) is 0 Å². The first-order valence-corrected chi connectivity index (χ1v) is 9.92. The monoisotopic (exact) mass is 416 g/mol. The molecule has 0 saturated heterocycles. The number of anilines is 2. The first-order valence-electron chi connectivity index (χ1n) is 9.10. The minimum absolute atomic E-state index is 0.306. The highest BCUT2D eigenvalue weighted by Crippen LogP contribution is 2.28. The molecule has 1 amide bonds. The van der Waals surface area contributed by atoms with E-state index in [0.29, 0.717) is 16.9 Å². The van der Waals surface area contributed by atoms with E-state index in [1.807, 2.05) is 24.3 Å². The molecule has 148 valence electrons. The molecule has 2 aromatic carbocycles. The number of carbonyl (C=O) groups is 1. The van der Waals surface area contributed by atoms with E-state index in [0.717, 1.165) is 21.2 Å². The summed E-state index contributed by atoms with van der Waals surface area (Å²) in [7, 11) is 0. The van der Waals surface area contributed by atoms with Gasteiger partial charge < -0.3 is 11.1 Å². The van der Waals surface area contributed by atoms with E-state index in [4.69, 9.17) is 5.73 Å². The summed E-state index contributed by atoms with van der Waals surface area (Å²) < 4.78 is 13.2. The van der Waals surface area contributed by atoms with E-state index in [1.54, 1.807) is 42.6 Å². The van der Waals surface area contributed by atoms with E-state index >= 15 is 0 Å². The van der Waals surface area contributed by atoms with Crippen molar-refractivity contribution in [2.75, 3.05) is 11.1 Å². The first kappa shape index (κ1) is 19.6. The maximum absolute atomic E-state index is 13.2. The number of rotatable bonds is 5. The molecule has 0 bridgehead atoms. The van der Waals surface area contributed by atoms with E-state index < -0.39 is 0 Å². The Hall–Kier alpha value is -3.71. The summed E-state index contributed by atoms with van der Waals surface area (Å²) in [6.45, 7) is 0. The SMILES string of the molecule is Nc1ccc(-c2ccc(F)cc2)cc1NC(=O)c1ccc(Sc2ccccn2)nc1. The third-order valence-corrected chi connectivity index (χ3v) is 5.23. The van der Waals surface area contributed by atoms with Crippen molar-refractivity contribution in [2.45, 2.75) is 10.1 Å². The molecule has 0 unspecified atom stereocenters. The molecule has 4 rings (SSSR count). The second-order valence-electron chi connectivity index (χ2n) is 6.42. The number of aromatic nitrogens is 2. The molecular formula is C23H17FN4OS.